The molecule has 0 fully saturated rings. The van der Waals surface area contributed by atoms with Crippen LogP contribution in [0.25, 0.3) is 0 Å². The lowest BCUT2D eigenvalue weighted by atomic mass is 9.99. The molecule has 6 heteroatoms. The highest BCUT2D eigenvalue weighted by Gasteiger charge is 2.13. The summed E-state index contributed by atoms with van der Waals surface area (Å²) in [5.41, 5.74) is 0. The van der Waals surface area contributed by atoms with Crippen LogP contribution in [0.15, 0.2) is 12.7 Å². The number of nitrogens with zero attached hydrogens (tertiary/aromatic N) is 3. The average Bonchev–Trinajstić information content (AvgIpc) is 2.36. The number of anilines is 1. The monoisotopic (exact) mass is 276 g/mol. The Morgan fingerprint density at radius 2 is 2.06 bits per heavy atom. The number of rotatable bonds is 8. The molecule has 0 amide bonds. The van der Waals surface area contributed by atoms with Crippen LogP contribution in [0.5, 0.6) is 0 Å². The van der Waals surface area contributed by atoms with E-state index in [9.17, 15) is 0 Å². The maximum Gasteiger partial charge on any atom is 0.225 e. The van der Waals surface area contributed by atoms with Crippen LogP contribution in [0.3, 0.4) is 0 Å². The van der Waals surface area contributed by atoms with Crippen LogP contribution >= 0.6 is 23.2 Å². The van der Waals surface area contributed by atoms with Crippen LogP contribution in [0, 0.1) is 5.92 Å². The third-order valence-electron chi connectivity index (χ3n) is 2.63. The van der Waals surface area contributed by atoms with Crippen molar-refractivity contribution in [2.75, 3.05) is 17.7 Å². The van der Waals surface area contributed by atoms with Gasteiger partial charge >= 0.3 is 0 Å². The second-order valence-electron chi connectivity index (χ2n) is 3.93. The Kier molecular flexibility index (Phi) is 7.21. The molecule has 0 aromatic carbocycles. The van der Waals surface area contributed by atoms with Gasteiger partial charge in [0.2, 0.25) is 5.95 Å². The molecule has 2 atom stereocenters. The Labute approximate surface area is 112 Å². The Balaban J connectivity index is 2.32. The van der Waals surface area contributed by atoms with E-state index in [1.54, 1.807) is 0 Å². The summed E-state index contributed by atoms with van der Waals surface area (Å²) < 4.78 is 0. The van der Waals surface area contributed by atoms with Gasteiger partial charge in [0.05, 0.1) is 0 Å². The van der Waals surface area contributed by atoms with E-state index in [1.807, 2.05) is 0 Å². The van der Waals surface area contributed by atoms with E-state index >= 15 is 0 Å². The number of aromatic nitrogens is 3. The Morgan fingerprint density at radius 3 is 2.65 bits per heavy atom. The average molecular weight is 277 g/mol. The predicted octanol–water partition coefficient (Wildman–Crippen LogP) is 2.94. The van der Waals surface area contributed by atoms with Crippen LogP contribution in [0.4, 0.5) is 5.95 Å². The highest BCUT2D eigenvalue weighted by atomic mass is 35.5. The van der Waals surface area contributed by atoms with Crippen molar-refractivity contribution in [2.24, 2.45) is 5.92 Å². The summed E-state index contributed by atoms with van der Waals surface area (Å²) in [6, 6.07) is 0. The molecule has 4 nitrogen and oxygen atoms in total. The first-order valence-corrected chi connectivity index (χ1v) is 6.79. The van der Waals surface area contributed by atoms with Gasteiger partial charge in [-0.1, -0.05) is 13.3 Å². The van der Waals surface area contributed by atoms with Crippen molar-refractivity contribution in [1.29, 1.82) is 0 Å². The quantitative estimate of drug-likeness (QED) is 0.742. The zero-order chi connectivity index (χ0) is 12.5. The molecule has 0 saturated carbocycles. The first-order valence-electron chi connectivity index (χ1n) is 5.82. The molecule has 1 aromatic rings. The maximum absolute atomic E-state index is 6.18. The van der Waals surface area contributed by atoms with Crippen molar-refractivity contribution in [3.63, 3.8) is 0 Å². The van der Waals surface area contributed by atoms with Crippen molar-refractivity contribution < 1.29 is 0 Å². The van der Waals surface area contributed by atoms with Crippen LogP contribution in [-0.2, 0) is 0 Å². The Morgan fingerprint density at radius 1 is 1.35 bits per heavy atom. The molecule has 0 aliphatic carbocycles. The normalized spacial score (nSPS) is 14.3. The third kappa shape index (κ3) is 6.03. The van der Waals surface area contributed by atoms with Gasteiger partial charge in [0.1, 0.15) is 12.7 Å². The highest BCUT2D eigenvalue weighted by molar-refractivity contribution is 6.22. The molecule has 17 heavy (non-hydrogen) atoms. The summed E-state index contributed by atoms with van der Waals surface area (Å²) in [5, 5.41) is 3.34. The smallest absolute Gasteiger partial charge is 0.225 e. The van der Waals surface area contributed by atoms with E-state index in [0.717, 1.165) is 25.8 Å². The molecule has 0 bridgehead atoms. The molecule has 1 rings (SSSR count). The van der Waals surface area contributed by atoms with E-state index < -0.39 is 0 Å². The Hall–Kier alpha value is -0.610. The van der Waals surface area contributed by atoms with Crippen molar-refractivity contribution in [1.82, 2.24) is 15.0 Å². The van der Waals surface area contributed by atoms with Gasteiger partial charge in [-0.2, -0.15) is 0 Å². The molecule has 0 aliphatic rings. The van der Waals surface area contributed by atoms with Gasteiger partial charge < -0.3 is 5.32 Å². The van der Waals surface area contributed by atoms with Gasteiger partial charge in [0, 0.05) is 17.8 Å². The number of hydrogen-bond acceptors (Lipinski definition) is 4. The minimum absolute atomic E-state index is 0.151. The second kappa shape index (κ2) is 8.48. The molecule has 2 unspecified atom stereocenters. The zero-order valence-corrected chi connectivity index (χ0v) is 11.5. The molecule has 0 spiro atoms. The van der Waals surface area contributed by atoms with Crippen LogP contribution in [0.2, 0.25) is 0 Å². The lowest BCUT2D eigenvalue weighted by molar-refractivity contribution is 0.476. The summed E-state index contributed by atoms with van der Waals surface area (Å²) in [7, 11) is 0. The lowest BCUT2D eigenvalue weighted by Gasteiger charge is -2.18. The molecular weight excluding hydrogens is 259 g/mol. The summed E-state index contributed by atoms with van der Waals surface area (Å²) in [4.78, 5) is 11.8. The van der Waals surface area contributed by atoms with E-state index in [0.29, 0.717) is 17.7 Å². The number of hydrogen-bond donors (Lipinski definition) is 1. The van der Waals surface area contributed by atoms with Crippen molar-refractivity contribution >= 4 is 29.2 Å². The predicted molar refractivity (Wildman–Crippen MR) is 71.7 cm³/mol. The summed E-state index contributed by atoms with van der Waals surface area (Å²) in [6.45, 7) is 2.98. The minimum Gasteiger partial charge on any atom is -0.354 e. The SMILES string of the molecule is CCC(CNc1ncncn1)CC(Cl)CCCl. The fourth-order valence-electron chi connectivity index (χ4n) is 1.56. The zero-order valence-electron chi connectivity index (χ0n) is 9.94. The van der Waals surface area contributed by atoms with Gasteiger partial charge in [0.15, 0.2) is 0 Å². The van der Waals surface area contributed by atoms with Crippen LogP contribution in [0.1, 0.15) is 26.2 Å². The highest BCUT2D eigenvalue weighted by Crippen LogP contribution is 2.18. The van der Waals surface area contributed by atoms with Crippen molar-refractivity contribution in [2.45, 2.75) is 31.6 Å². The van der Waals surface area contributed by atoms with Gasteiger partial charge in [0.25, 0.3) is 0 Å². The van der Waals surface area contributed by atoms with Gasteiger partial charge in [-0.3, -0.25) is 0 Å². The molecule has 96 valence electrons. The first kappa shape index (κ1) is 14.5. The van der Waals surface area contributed by atoms with Crippen molar-refractivity contribution in [3.8, 4) is 0 Å². The van der Waals surface area contributed by atoms with Gasteiger partial charge in [-0.25, -0.2) is 15.0 Å². The standard InChI is InChI=1S/C11H18Cl2N4/c1-2-9(5-10(13)3-4-12)6-15-11-16-7-14-8-17-11/h7-10H,2-6H2,1H3,(H,14,15,16,17). The van der Waals surface area contributed by atoms with Gasteiger partial charge in [-0.15, -0.1) is 23.2 Å². The molecule has 1 aromatic heterocycles. The van der Waals surface area contributed by atoms with Gasteiger partial charge in [-0.05, 0) is 18.8 Å². The summed E-state index contributed by atoms with van der Waals surface area (Å²) >= 11 is 11.9. The van der Waals surface area contributed by atoms with E-state index in [1.165, 1.54) is 12.7 Å². The first-order chi connectivity index (χ1) is 8.26. The number of halogens is 2. The summed E-state index contributed by atoms with van der Waals surface area (Å²) in [5.74, 6) is 1.74. The maximum atomic E-state index is 6.18. The lowest BCUT2D eigenvalue weighted by Crippen LogP contribution is -2.19. The molecular formula is C11H18Cl2N4. The number of nitrogens with one attached hydrogen (secondary N) is 1. The fraction of sp³-hybridized carbons (Fsp3) is 0.727. The molecule has 1 heterocycles. The molecule has 0 saturated heterocycles. The largest absolute Gasteiger partial charge is 0.354 e. The third-order valence-corrected chi connectivity index (χ3v) is 3.25. The topological polar surface area (TPSA) is 50.7 Å². The van der Waals surface area contributed by atoms with Crippen LogP contribution in [-0.4, -0.2) is 32.8 Å². The second-order valence-corrected chi connectivity index (χ2v) is 4.92. The van der Waals surface area contributed by atoms with E-state index in [2.05, 4.69) is 27.2 Å². The van der Waals surface area contributed by atoms with Crippen molar-refractivity contribution in [3.05, 3.63) is 12.7 Å². The van der Waals surface area contributed by atoms with E-state index in [-0.39, 0.29) is 5.38 Å². The molecule has 0 aliphatic heterocycles. The summed E-state index contributed by atoms with van der Waals surface area (Å²) in [6.07, 6.45) is 5.85. The van der Waals surface area contributed by atoms with Crippen LogP contribution < -0.4 is 5.32 Å². The molecule has 0 radical (unpaired) electrons. The molecule has 1 N–H and O–H groups in total. The van der Waals surface area contributed by atoms with E-state index in [4.69, 9.17) is 23.2 Å². The number of alkyl halides is 2. The fourth-order valence-corrected chi connectivity index (χ4v) is 2.29. The minimum atomic E-state index is 0.151. The Bertz CT molecular complexity index is 297.